The van der Waals surface area contributed by atoms with E-state index in [4.69, 9.17) is 9.47 Å². The van der Waals surface area contributed by atoms with Gasteiger partial charge in [-0.2, -0.15) is 0 Å². The molecule has 8 heteroatoms. The molecule has 1 saturated heterocycles. The van der Waals surface area contributed by atoms with E-state index in [0.717, 1.165) is 12.5 Å². The van der Waals surface area contributed by atoms with E-state index in [1.807, 2.05) is 0 Å². The van der Waals surface area contributed by atoms with Gasteiger partial charge in [-0.1, -0.05) is 0 Å². The summed E-state index contributed by atoms with van der Waals surface area (Å²) in [5.74, 6) is -3.00. The summed E-state index contributed by atoms with van der Waals surface area (Å²) in [5, 5.41) is 11.8. The summed E-state index contributed by atoms with van der Waals surface area (Å²) in [7, 11) is 1.32. The van der Waals surface area contributed by atoms with Crippen LogP contribution in [0.25, 0.3) is 0 Å². The summed E-state index contributed by atoms with van der Waals surface area (Å²) in [6.45, 7) is 0.866. The number of amides is 1. The predicted molar refractivity (Wildman–Crippen MR) is 89.6 cm³/mol. The molecule has 2 unspecified atom stereocenters. The smallest absolute Gasteiger partial charge is 0.326 e. The largest absolute Gasteiger partial charge is 0.494 e. The highest BCUT2D eigenvalue weighted by atomic mass is 19.1. The van der Waals surface area contributed by atoms with Crippen LogP contribution in [0.4, 0.5) is 4.39 Å². The third-order valence-corrected chi connectivity index (χ3v) is 4.30. The lowest BCUT2D eigenvalue weighted by Gasteiger charge is -2.28. The Balaban J connectivity index is 1.89. The Morgan fingerprint density at radius 2 is 2.15 bits per heavy atom. The minimum absolute atomic E-state index is 0.0262. The lowest BCUT2D eigenvalue weighted by molar-refractivity contribution is -0.145. The molecule has 1 amide bonds. The first-order valence-corrected chi connectivity index (χ1v) is 8.39. The Morgan fingerprint density at radius 1 is 1.38 bits per heavy atom. The molecule has 1 aliphatic heterocycles. The predicted octanol–water partition coefficient (Wildman–Crippen LogP) is 1.79. The van der Waals surface area contributed by atoms with Crippen LogP contribution in [-0.2, 0) is 14.3 Å². The highest BCUT2D eigenvalue weighted by Crippen LogP contribution is 2.20. The van der Waals surface area contributed by atoms with Crippen molar-refractivity contribution in [2.24, 2.45) is 5.92 Å². The summed E-state index contributed by atoms with van der Waals surface area (Å²) >= 11 is 0. The number of halogens is 1. The van der Waals surface area contributed by atoms with E-state index in [2.05, 4.69) is 5.32 Å². The molecule has 2 rings (SSSR count). The van der Waals surface area contributed by atoms with Gasteiger partial charge < -0.3 is 19.9 Å². The lowest BCUT2D eigenvalue weighted by atomic mass is 9.93. The molecule has 1 heterocycles. The first-order chi connectivity index (χ1) is 12.4. The number of hydrogen-bond acceptors (Lipinski definition) is 5. The number of nitrogens with one attached hydrogen (secondary N) is 1. The SMILES string of the molecule is COc1ccc(C(=O)CCC(=O)NC(C(=O)O)C2CCCOC2)cc1F. The summed E-state index contributed by atoms with van der Waals surface area (Å²) < 4.78 is 23.7. The number of carbonyl (C=O) groups is 3. The molecule has 0 radical (unpaired) electrons. The van der Waals surface area contributed by atoms with Crippen LogP contribution in [0.5, 0.6) is 5.75 Å². The fourth-order valence-corrected chi connectivity index (χ4v) is 2.87. The normalized spacial score (nSPS) is 18.0. The quantitative estimate of drug-likeness (QED) is 0.679. The molecular weight excluding hydrogens is 345 g/mol. The summed E-state index contributed by atoms with van der Waals surface area (Å²) in [6.07, 6.45) is 1.07. The van der Waals surface area contributed by atoms with Crippen molar-refractivity contribution in [3.63, 3.8) is 0 Å². The molecule has 7 nitrogen and oxygen atoms in total. The summed E-state index contributed by atoms with van der Waals surface area (Å²) in [4.78, 5) is 35.5. The number of Topliss-reactive ketones (excluding diaryl/α,β-unsaturated/α-hetero) is 1. The lowest BCUT2D eigenvalue weighted by Crippen LogP contribution is -2.48. The second-order valence-corrected chi connectivity index (χ2v) is 6.13. The molecule has 26 heavy (non-hydrogen) atoms. The number of benzene rings is 1. The van der Waals surface area contributed by atoms with Crippen molar-refractivity contribution >= 4 is 17.7 Å². The average molecular weight is 367 g/mol. The zero-order chi connectivity index (χ0) is 19.1. The van der Waals surface area contributed by atoms with Gasteiger partial charge in [0.2, 0.25) is 5.91 Å². The van der Waals surface area contributed by atoms with Crippen LogP contribution >= 0.6 is 0 Å². The Morgan fingerprint density at radius 3 is 2.73 bits per heavy atom. The van der Waals surface area contributed by atoms with E-state index >= 15 is 0 Å². The zero-order valence-electron chi connectivity index (χ0n) is 14.5. The van der Waals surface area contributed by atoms with Crippen LogP contribution in [0.15, 0.2) is 18.2 Å². The molecule has 142 valence electrons. The third-order valence-electron chi connectivity index (χ3n) is 4.30. The Labute approximate surface area is 150 Å². The van der Waals surface area contributed by atoms with E-state index < -0.39 is 29.5 Å². The third kappa shape index (κ3) is 5.26. The fraction of sp³-hybridized carbons (Fsp3) is 0.500. The van der Waals surface area contributed by atoms with Crippen LogP contribution in [0.3, 0.4) is 0 Å². The Hall–Kier alpha value is -2.48. The number of ether oxygens (including phenoxy) is 2. The molecule has 0 aromatic heterocycles. The van der Waals surface area contributed by atoms with Crippen LogP contribution in [0.2, 0.25) is 0 Å². The number of carboxylic acids is 1. The van der Waals surface area contributed by atoms with E-state index in [1.54, 1.807) is 0 Å². The van der Waals surface area contributed by atoms with Gasteiger partial charge >= 0.3 is 5.97 Å². The van der Waals surface area contributed by atoms with Crippen molar-refractivity contribution in [2.75, 3.05) is 20.3 Å². The molecule has 0 saturated carbocycles. The molecule has 0 aliphatic carbocycles. The first-order valence-electron chi connectivity index (χ1n) is 8.39. The second kappa shape index (κ2) is 9.28. The van der Waals surface area contributed by atoms with Crippen LogP contribution in [0, 0.1) is 11.7 Å². The van der Waals surface area contributed by atoms with Gasteiger partial charge in [-0.3, -0.25) is 9.59 Å². The first kappa shape index (κ1) is 19.8. The van der Waals surface area contributed by atoms with E-state index in [-0.39, 0.29) is 36.7 Å². The molecule has 2 N–H and O–H groups in total. The van der Waals surface area contributed by atoms with Gasteiger partial charge in [0, 0.05) is 30.9 Å². The van der Waals surface area contributed by atoms with E-state index in [0.29, 0.717) is 13.0 Å². The van der Waals surface area contributed by atoms with E-state index in [1.165, 1.54) is 19.2 Å². The van der Waals surface area contributed by atoms with Crippen LogP contribution in [-0.4, -0.2) is 49.1 Å². The van der Waals surface area contributed by atoms with Gasteiger partial charge in [0.1, 0.15) is 6.04 Å². The Kier molecular flexibility index (Phi) is 7.08. The molecule has 1 aromatic rings. The van der Waals surface area contributed by atoms with Crippen molar-refractivity contribution in [2.45, 2.75) is 31.7 Å². The Bertz CT molecular complexity index is 672. The van der Waals surface area contributed by atoms with Gasteiger partial charge in [0.05, 0.1) is 13.7 Å². The van der Waals surface area contributed by atoms with Crippen molar-refractivity contribution in [1.29, 1.82) is 0 Å². The molecule has 1 fully saturated rings. The molecule has 1 aliphatic rings. The monoisotopic (exact) mass is 367 g/mol. The number of aliphatic carboxylic acids is 1. The number of rotatable bonds is 8. The highest BCUT2D eigenvalue weighted by Gasteiger charge is 2.31. The number of carbonyl (C=O) groups excluding carboxylic acids is 2. The summed E-state index contributed by atoms with van der Waals surface area (Å²) in [6, 6.07) is 2.77. The number of hydrogen-bond donors (Lipinski definition) is 2. The van der Waals surface area contributed by atoms with Crippen molar-refractivity contribution in [1.82, 2.24) is 5.32 Å². The number of methoxy groups -OCH3 is 1. The molecule has 0 spiro atoms. The maximum Gasteiger partial charge on any atom is 0.326 e. The van der Waals surface area contributed by atoms with E-state index in [9.17, 15) is 23.9 Å². The zero-order valence-corrected chi connectivity index (χ0v) is 14.5. The van der Waals surface area contributed by atoms with Crippen LogP contribution in [0.1, 0.15) is 36.0 Å². The van der Waals surface area contributed by atoms with Gasteiger partial charge in [0.25, 0.3) is 0 Å². The van der Waals surface area contributed by atoms with Gasteiger partial charge in [-0.25, -0.2) is 9.18 Å². The average Bonchev–Trinajstić information content (AvgIpc) is 2.64. The van der Waals surface area contributed by atoms with Crippen molar-refractivity contribution < 1.29 is 33.4 Å². The topological polar surface area (TPSA) is 102 Å². The van der Waals surface area contributed by atoms with Gasteiger partial charge in [-0.15, -0.1) is 0 Å². The molecule has 0 bridgehead atoms. The minimum atomic E-state index is -1.13. The van der Waals surface area contributed by atoms with Crippen molar-refractivity contribution in [3.8, 4) is 5.75 Å². The molecule has 1 aromatic carbocycles. The standard InChI is InChI=1S/C18H22FNO6/c1-25-15-6-4-11(9-13(15)19)14(21)5-7-16(22)20-17(18(23)24)12-3-2-8-26-10-12/h4,6,9,12,17H,2-3,5,7-8,10H2,1H3,(H,20,22)(H,23,24). The number of carboxylic acid groups (broad SMARTS) is 1. The summed E-state index contributed by atoms with van der Waals surface area (Å²) in [5.41, 5.74) is 0.131. The van der Waals surface area contributed by atoms with Crippen LogP contribution < -0.4 is 10.1 Å². The highest BCUT2D eigenvalue weighted by molar-refractivity contribution is 5.98. The number of ketones is 1. The maximum atomic E-state index is 13.6. The van der Waals surface area contributed by atoms with Gasteiger partial charge in [-0.05, 0) is 31.0 Å². The molecule has 2 atom stereocenters. The fourth-order valence-electron chi connectivity index (χ4n) is 2.87. The van der Waals surface area contributed by atoms with Crippen molar-refractivity contribution in [3.05, 3.63) is 29.6 Å². The maximum absolute atomic E-state index is 13.6. The second-order valence-electron chi connectivity index (χ2n) is 6.13. The minimum Gasteiger partial charge on any atom is -0.494 e. The van der Waals surface area contributed by atoms with Gasteiger partial charge in [0.15, 0.2) is 17.3 Å². The molecular formula is C18H22FNO6.